The number of carboxylic acids is 1. The Morgan fingerprint density at radius 2 is 1.95 bits per heavy atom. The van der Waals surface area contributed by atoms with Crippen molar-refractivity contribution in [2.45, 2.75) is 4.90 Å². The number of carboxylic acid groups (broad SMARTS) is 1. The molecule has 1 amide bonds. The number of aliphatic carboxylic acids is 1. The molecule has 0 heterocycles. The largest absolute Gasteiger partial charge is 0.495 e. The number of rotatable bonds is 6. The van der Waals surface area contributed by atoms with Crippen LogP contribution in [0.3, 0.4) is 0 Å². The smallest absolute Gasteiger partial charge is 0.322 e. The molecule has 0 aliphatic heterocycles. The molecule has 0 atom stereocenters. The minimum absolute atomic E-state index is 0.0254. The Morgan fingerprint density at radius 1 is 1.33 bits per heavy atom. The van der Waals surface area contributed by atoms with Gasteiger partial charge in [0.05, 0.1) is 7.11 Å². The van der Waals surface area contributed by atoms with Gasteiger partial charge in [0.15, 0.2) is 0 Å². The molecule has 116 valence electrons. The maximum absolute atomic E-state index is 12.2. The van der Waals surface area contributed by atoms with Crippen LogP contribution in [-0.4, -0.2) is 57.5 Å². The number of amides is 1. The molecule has 0 saturated carbocycles. The van der Waals surface area contributed by atoms with Crippen molar-refractivity contribution in [3.8, 4) is 5.75 Å². The second kappa shape index (κ2) is 6.55. The fourth-order valence-corrected chi connectivity index (χ4v) is 2.55. The van der Waals surface area contributed by atoms with Gasteiger partial charge in [-0.25, -0.2) is 12.7 Å². The third-order valence-corrected chi connectivity index (χ3v) is 4.42. The molecule has 9 heteroatoms. The highest BCUT2D eigenvalue weighted by Crippen LogP contribution is 2.26. The Morgan fingerprint density at radius 3 is 2.43 bits per heavy atom. The van der Waals surface area contributed by atoms with Crippen molar-refractivity contribution in [1.29, 1.82) is 0 Å². The zero-order valence-corrected chi connectivity index (χ0v) is 12.6. The zero-order valence-electron chi connectivity index (χ0n) is 11.8. The molecular formula is C12H16N2O6S. The van der Waals surface area contributed by atoms with Gasteiger partial charge in [0.2, 0.25) is 10.0 Å². The number of methoxy groups -OCH3 is 1. The first kappa shape index (κ1) is 16.9. The Labute approximate surface area is 122 Å². The summed E-state index contributed by atoms with van der Waals surface area (Å²) >= 11 is 0. The Balaban J connectivity index is 3.23. The number of sulfonamides is 1. The van der Waals surface area contributed by atoms with Gasteiger partial charge in [-0.05, 0) is 18.2 Å². The highest BCUT2D eigenvalue weighted by Gasteiger charge is 2.23. The molecule has 1 aromatic rings. The fraction of sp³-hybridized carbons (Fsp3) is 0.333. The van der Waals surface area contributed by atoms with Crippen LogP contribution < -0.4 is 10.1 Å². The molecule has 0 bridgehead atoms. The quantitative estimate of drug-likeness (QED) is 0.749. The summed E-state index contributed by atoms with van der Waals surface area (Å²) in [6, 6.07) is 3.84. The van der Waals surface area contributed by atoms with E-state index in [4.69, 9.17) is 9.84 Å². The molecular weight excluding hydrogens is 300 g/mol. The van der Waals surface area contributed by atoms with Crippen molar-refractivity contribution in [2.75, 3.05) is 27.7 Å². The van der Waals surface area contributed by atoms with Gasteiger partial charge in [-0.15, -0.1) is 0 Å². The lowest BCUT2D eigenvalue weighted by Crippen LogP contribution is -2.29. The number of carbonyl (C=O) groups is 2. The number of nitrogens with zero attached hydrogens (tertiary/aromatic N) is 1. The van der Waals surface area contributed by atoms with E-state index in [1.165, 1.54) is 33.3 Å². The number of ether oxygens (including phenoxy) is 1. The summed E-state index contributed by atoms with van der Waals surface area (Å²) in [5, 5.41) is 10.7. The van der Waals surface area contributed by atoms with Crippen LogP contribution in [-0.2, 0) is 14.8 Å². The van der Waals surface area contributed by atoms with Gasteiger partial charge in [0.25, 0.3) is 5.91 Å². The van der Waals surface area contributed by atoms with Crippen LogP contribution in [0.1, 0.15) is 10.4 Å². The summed E-state index contributed by atoms with van der Waals surface area (Å²) in [5.74, 6) is -1.79. The molecule has 0 fully saturated rings. The van der Waals surface area contributed by atoms with Gasteiger partial charge in [0.1, 0.15) is 17.2 Å². The maximum Gasteiger partial charge on any atom is 0.322 e. The lowest BCUT2D eigenvalue weighted by atomic mass is 10.2. The summed E-state index contributed by atoms with van der Waals surface area (Å²) in [6.45, 7) is -0.555. The van der Waals surface area contributed by atoms with E-state index in [1.807, 2.05) is 0 Å². The lowest BCUT2D eigenvalue weighted by molar-refractivity contribution is -0.135. The molecule has 0 radical (unpaired) electrons. The molecule has 1 aromatic carbocycles. The first-order chi connectivity index (χ1) is 9.70. The second-order valence-corrected chi connectivity index (χ2v) is 6.35. The van der Waals surface area contributed by atoms with Crippen LogP contribution in [0, 0.1) is 0 Å². The molecule has 0 saturated heterocycles. The monoisotopic (exact) mass is 316 g/mol. The molecule has 0 aliphatic carbocycles. The Hall–Kier alpha value is -2.13. The maximum atomic E-state index is 12.2. The van der Waals surface area contributed by atoms with Crippen LogP contribution in [0.15, 0.2) is 23.1 Å². The average molecular weight is 316 g/mol. The van der Waals surface area contributed by atoms with Crippen molar-refractivity contribution >= 4 is 21.9 Å². The van der Waals surface area contributed by atoms with E-state index < -0.39 is 28.4 Å². The topological polar surface area (TPSA) is 113 Å². The van der Waals surface area contributed by atoms with Crippen molar-refractivity contribution in [3.63, 3.8) is 0 Å². The van der Waals surface area contributed by atoms with Crippen LogP contribution in [0.5, 0.6) is 5.75 Å². The van der Waals surface area contributed by atoms with Crippen LogP contribution in [0.2, 0.25) is 0 Å². The summed E-state index contributed by atoms with van der Waals surface area (Å²) in [7, 11) is 0.225. The van der Waals surface area contributed by atoms with Gasteiger partial charge in [-0.1, -0.05) is 0 Å². The predicted octanol–water partition coefficient (Wildman–Crippen LogP) is -0.240. The van der Waals surface area contributed by atoms with Crippen LogP contribution in [0.25, 0.3) is 0 Å². The summed E-state index contributed by atoms with van der Waals surface area (Å²) < 4.78 is 30.3. The third kappa shape index (κ3) is 3.92. The van der Waals surface area contributed by atoms with Gasteiger partial charge >= 0.3 is 5.97 Å². The average Bonchev–Trinajstić information content (AvgIpc) is 2.43. The highest BCUT2D eigenvalue weighted by atomic mass is 32.2. The molecule has 0 aromatic heterocycles. The molecule has 21 heavy (non-hydrogen) atoms. The Bertz CT molecular complexity index is 654. The highest BCUT2D eigenvalue weighted by molar-refractivity contribution is 7.89. The normalized spacial score (nSPS) is 11.2. The number of benzene rings is 1. The Kier molecular flexibility index (Phi) is 5.28. The molecule has 0 spiro atoms. The standard InChI is InChI=1S/C12H16N2O6S/c1-14(2)21(18,19)10-6-8(4-5-9(10)20-3)12(17)13-7-11(15)16/h4-6H,7H2,1-3H3,(H,13,17)(H,15,16). The van der Waals surface area contributed by atoms with E-state index in [9.17, 15) is 18.0 Å². The van der Waals surface area contributed by atoms with E-state index in [2.05, 4.69) is 5.32 Å². The number of nitrogens with one attached hydrogen (secondary N) is 1. The molecule has 1 rings (SSSR count). The molecule has 0 unspecified atom stereocenters. The van der Waals surface area contributed by atoms with E-state index in [0.29, 0.717) is 0 Å². The molecule has 8 nitrogen and oxygen atoms in total. The van der Waals surface area contributed by atoms with Crippen molar-refractivity contribution in [2.24, 2.45) is 0 Å². The second-order valence-electron chi connectivity index (χ2n) is 4.23. The van der Waals surface area contributed by atoms with E-state index in [-0.39, 0.29) is 16.2 Å². The molecule has 0 aliphatic rings. The van der Waals surface area contributed by atoms with Gasteiger partial charge < -0.3 is 15.2 Å². The van der Waals surface area contributed by atoms with E-state index in [1.54, 1.807) is 0 Å². The van der Waals surface area contributed by atoms with E-state index >= 15 is 0 Å². The minimum Gasteiger partial charge on any atom is -0.495 e. The first-order valence-electron chi connectivity index (χ1n) is 5.80. The number of hydrogen-bond donors (Lipinski definition) is 2. The predicted molar refractivity (Wildman–Crippen MR) is 73.8 cm³/mol. The SMILES string of the molecule is COc1ccc(C(=O)NCC(=O)O)cc1S(=O)(=O)N(C)C. The van der Waals surface area contributed by atoms with Gasteiger partial charge in [0, 0.05) is 19.7 Å². The summed E-state index contributed by atoms with van der Waals surface area (Å²) in [4.78, 5) is 22.0. The summed E-state index contributed by atoms with van der Waals surface area (Å²) in [5.41, 5.74) is 0.0254. The number of carbonyl (C=O) groups excluding carboxylic acids is 1. The van der Waals surface area contributed by atoms with Crippen LogP contribution in [0.4, 0.5) is 0 Å². The van der Waals surface area contributed by atoms with Crippen molar-refractivity contribution in [3.05, 3.63) is 23.8 Å². The molecule has 2 N–H and O–H groups in total. The summed E-state index contributed by atoms with van der Waals surface area (Å²) in [6.07, 6.45) is 0. The van der Waals surface area contributed by atoms with Crippen molar-refractivity contribution < 1.29 is 27.9 Å². The number of hydrogen-bond acceptors (Lipinski definition) is 5. The lowest BCUT2D eigenvalue weighted by Gasteiger charge is -2.15. The fourth-order valence-electron chi connectivity index (χ4n) is 1.47. The van der Waals surface area contributed by atoms with Gasteiger partial charge in [-0.2, -0.15) is 0 Å². The minimum atomic E-state index is -3.79. The first-order valence-corrected chi connectivity index (χ1v) is 7.24. The zero-order chi connectivity index (χ0) is 16.2. The van der Waals surface area contributed by atoms with Gasteiger partial charge in [-0.3, -0.25) is 9.59 Å². The van der Waals surface area contributed by atoms with Crippen molar-refractivity contribution in [1.82, 2.24) is 9.62 Å². The third-order valence-electron chi connectivity index (χ3n) is 2.58. The van der Waals surface area contributed by atoms with Crippen LogP contribution >= 0.6 is 0 Å². The van der Waals surface area contributed by atoms with E-state index in [0.717, 1.165) is 10.4 Å².